The van der Waals surface area contributed by atoms with Gasteiger partial charge in [-0.25, -0.2) is 5.43 Å². The Morgan fingerprint density at radius 2 is 1.66 bits per heavy atom. The number of hydrazone groups is 1. The Hall–Kier alpha value is -3.51. The van der Waals surface area contributed by atoms with Crippen LogP contribution in [0.2, 0.25) is 5.02 Å². The number of amides is 1. The highest BCUT2D eigenvalue weighted by atomic mass is 35.5. The predicted molar refractivity (Wildman–Crippen MR) is 154 cm³/mol. The van der Waals surface area contributed by atoms with Crippen LogP contribution in [0, 0.1) is 5.41 Å². The Bertz CT molecular complexity index is 1250. The molecular weight excluding hydrogens is 500 g/mol. The standard InChI is InChI=1S/C31H37ClN2O4/c1-30(2,3)21-31(4,5)24-12-14-25(15-13-24)37-20-29(35)34-33-18-22-11-16-27(28(17-22)36-6)38-19-23-9-7-8-10-26(23)32/h7-18H,19-21H2,1-6H3,(H,34,35)/b33-18+. The highest BCUT2D eigenvalue weighted by Crippen LogP contribution is 2.36. The molecule has 3 aromatic carbocycles. The van der Waals surface area contributed by atoms with Gasteiger partial charge in [0.2, 0.25) is 0 Å². The van der Waals surface area contributed by atoms with E-state index >= 15 is 0 Å². The van der Waals surface area contributed by atoms with E-state index in [1.165, 1.54) is 11.8 Å². The van der Waals surface area contributed by atoms with Crippen molar-refractivity contribution in [1.82, 2.24) is 5.43 Å². The first-order valence-corrected chi connectivity index (χ1v) is 12.9. The molecule has 0 aliphatic carbocycles. The van der Waals surface area contributed by atoms with Crippen molar-refractivity contribution >= 4 is 23.7 Å². The normalized spacial score (nSPS) is 11.9. The average molecular weight is 537 g/mol. The van der Waals surface area contributed by atoms with Crippen molar-refractivity contribution in [3.8, 4) is 17.2 Å². The number of hydrogen-bond donors (Lipinski definition) is 1. The second-order valence-electron chi connectivity index (χ2n) is 11.0. The molecule has 0 bridgehead atoms. The van der Waals surface area contributed by atoms with Crippen LogP contribution < -0.4 is 19.6 Å². The molecule has 38 heavy (non-hydrogen) atoms. The monoisotopic (exact) mass is 536 g/mol. The summed E-state index contributed by atoms with van der Waals surface area (Å²) in [5.74, 6) is 1.40. The summed E-state index contributed by atoms with van der Waals surface area (Å²) in [7, 11) is 1.57. The summed E-state index contributed by atoms with van der Waals surface area (Å²) >= 11 is 6.20. The van der Waals surface area contributed by atoms with Crippen molar-refractivity contribution < 1.29 is 19.0 Å². The number of benzene rings is 3. The Labute approximate surface area is 231 Å². The molecule has 6 nitrogen and oxygen atoms in total. The van der Waals surface area contributed by atoms with Crippen LogP contribution in [0.4, 0.5) is 0 Å². The van der Waals surface area contributed by atoms with Gasteiger partial charge in [-0.1, -0.05) is 76.6 Å². The molecule has 3 rings (SSSR count). The largest absolute Gasteiger partial charge is 0.493 e. The third-order valence-corrected chi connectivity index (χ3v) is 6.28. The molecular formula is C31H37ClN2O4. The van der Waals surface area contributed by atoms with Gasteiger partial charge >= 0.3 is 0 Å². The highest BCUT2D eigenvalue weighted by Gasteiger charge is 2.27. The molecule has 0 fully saturated rings. The lowest BCUT2D eigenvalue weighted by molar-refractivity contribution is -0.123. The molecule has 0 heterocycles. The second kappa shape index (κ2) is 12.8. The molecule has 0 saturated heterocycles. The topological polar surface area (TPSA) is 69.2 Å². The maximum Gasteiger partial charge on any atom is 0.277 e. The van der Waals surface area contributed by atoms with Crippen LogP contribution >= 0.6 is 11.6 Å². The van der Waals surface area contributed by atoms with Crippen LogP contribution in [-0.2, 0) is 16.8 Å². The average Bonchev–Trinajstić information content (AvgIpc) is 2.86. The van der Waals surface area contributed by atoms with Crippen molar-refractivity contribution in [2.75, 3.05) is 13.7 Å². The fourth-order valence-electron chi connectivity index (χ4n) is 4.44. The zero-order valence-electron chi connectivity index (χ0n) is 23.0. The number of nitrogens with one attached hydrogen (secondary N) is 1. The van der Waals surface area contributed by atoms with Gasteiger partial charge in [-0.2, -0.15) is 5.10 Å². The van der Waals surface area contributed by atoms with Crippen LogP contribution in [-0.4, -0.2) is 25.8 Å². The van der Waals surface area contributed by atoms with Gasteiger partial charge < -0.3 is 14.2 Å². The van der Waals surface area contributed by atoms with E-state index in [-0.39, 0.29) is 23.3 Å². The molecule has 0 radical (unpaired) electrons. The van der Waals surface area contributed by atoms with Gasteiger partial charge in [0.1, 0.15) is 12.4 Å². The first-order chi connectivity index (χ1) is 18.0. The first-order valence-electron chi connectivity index (χ1n) is 12.6. The van der Waals surface area contributed by atoms with Gasteiger partial charge in [-0.3, -0.25) is 4.79 Å². The fourth-order valence-corrected chi connectivity index (χ4v) is 4.64. The lowest BCUT2D eigenvalue weighted by Gasteiger charge is -2.33. The van der Waals surface area contributed by atoms with E-state index in [4.69, 9.17) is 25.8 Å². The van der Waals surface area contributed by atoms with Crippen LogP contribution in [0.25, 0.3) is 0 Å². The van der Waals surface area contributed by atoms with Gasteiger partial charge in [0.15, 0.2) is 18.1 Å². The quantitative estimate of drug-likeness (QED) is 0.208. The zero-order valence-corrected chi connectivity index (χ0v) is 23.8. The molecule has 0 spiro atoms. The van der Waals surface area contributed by atoms with Gasteiger partial charge in [-0.05, 0) is 64.8 Å². The van der Waals surface area contributed by atoms with Crippen molar-refractivity contribution in [3.63, 3.8) is 0 Å². The van der Waals surface area contributed by atoms with Crippen molar-refractivity contribution in [3.05, 3.63) is 88.4 Å². The van der Waals surface area contributed by atoms with E-state index in [0.717, 1.165) is 17.5 Å². The number of carbonyl (C=O) groups is 1. The minimum Gasteiger partial charge on any atom is -0.493 e. The van der Waals surface area contributed by atoms with Crippen LogP contribution in [0.5, 0.6) is 17.2 Å². The highest BCUT2D eigenvalue weighted by molar-refractivity contribution is 6.31. The molecule has 7 heteroatoms. The summed E-state index contributed by atoms with van der Waals surface area (Å²) in [6.45, 7) is 11.4. The van der Waals surface area contributed by atoms with E-state index in [1.807, 2.05) is 42.5 Å². The third kappa shape index (κ3) is 8.80. The summed E-state index contributed by atoms with van der Waals surface area (Å²) in [6, 6.07) is 20.8. The summed E-state index contributed by atoms with van der Waals surface area (Å²) in [4.78, 5) is 12.2. The van der Waals surface area contributed by atoms with E-state index in [2.05, 4.69) is 57.3 Å². The summed E-state index contributed by atoms with van der Waals surface area (Å²) in [6.07, 6.45) is 2.59. The Morgan fingerprint density at radius 1 is 0.947 bits per heavy atom. The predicted octanol–water partition coefficient (Wildman–Crippen LogP) is 7.17. The van der Waals surface area contributed by atoms with E-state index in [9.17, 15) is 4.79 Å². The SMILES string of the molecule is COc1cc(/C=N/NC(=O)COc2ccc(C(C)(C)CC(C)(C)C)cc2)ccc1OCc1ccccc1Cl. The van der Waals surface area contributed by atoms with E-state index < -0.39 is 0 Å². The molecule has 3 aromatic rings. The van der Waals surface area contributed by atoms with Crippen LogP contribution in [0.1, 0.15) is 57.7 Å². The molecule has 202 valence electrons. The molecule has 0 saturated carbocycles. The smallest absolute Gasteiger partial charge is 0.277 e. The molecule has 0 unspecified atom stereocenters. The fraction of sp³-hybridized carbons (Fsp3) is 0.355. The first kappa shape index (κ1) is 29.1. The number of methoxy groups -OCH3 is 1. The molecule has 0 aliphatic heterocycles. The molecule has 0 atom stereocenters. The van der Waals surface area contributed by atoms with Crippen molar-refractivity contribution in [1.29, 1.82) is 0 Å². The van der Waals surface area contributed by atoms with Crippen molar-refractivity contribution in [2.45, 2.75) is 53.1 Å². The lowest BCUT2D eigenvalue weighted by atomic mass is 9.72. The number of halogens is 1. The van der Waals surface area contributed by atoms with Crippen LogP contribution in [0.3, 0.4) is 0 Å². The maximum atomic E-state index is 12.2. The van der Waals surface area contributed by atoms with E-state index in [1.54, 1.807) is 19.2 Å². The summed E-state index contributed by atoms with van der Waals surface area (Å²) in [5.41, 5.74) is 5.62. The Kier molecular flexibility index (Phi) is 9.81. The molecule has 1 N–H and O–H groups in total. The van der Waals surface area contributed by atoms with Gasteiger partial charge in [0, 0.05) is 10.6 Å². The number of nitrogens with zero attached hydrogens (tertiary/aromatic N) is 1. The zero-order chi connectivity index (χ0) is 27.8. The van der Waals surface area contributed by atoms with Gasteiger partial charge in [0.05, 0.1) is 13.3 Å². The lowest BCUT2D eigenvalue weighted by Crippen LogP contribution is -2.25. The number of carbonyl (C=O) groups excluding carboxylic acids is 1. The summed E-state index contributed by atoms with van der Waals surface area (Å²) < 4.78 is 17.0. The number of ether oxygens (including phenoxy) is 3. The summed E-state index contributed by atoms with van der Waals surface area (Å²) in [5, 5.41) is 4.67. The van der Waals surface area contributed by atoms with Crippen molar-refractivity contribution in [2.24, 2.45) is 10.5 Å². The maximum absolute atomic E-state index is 12.2. The number of rotatable bonds is 11. The minimum atomic E-state index is -0.356. The molecule has 0 aromatic heterocycles. The third-order valence-electron chi connectivity index (χ3n) is 5.91. The Morgan fingerprint density at radius 3 is 2.32 bits per heavy atom. The number of hydrogen-bond acceptors (Lipinski definition) is 5. The minimum absolute atomic E-state index is 0.0471. The van der Waals surface area contributed by atoms with Gasteiger partial charge in [-0.15, -0.1) is 0 Å². The second-order valence-corrected chi connectivity index (χ2v) is 11.4. The van der Waals surface area contributed by atoms with Gasteiger partial charge in [0.25, 0.3) is 5.91 Å². The van der Waals surface area contributed by atoms with E-state index in [0.29, 0.717) is 28.9 Å². The van der Waals surface area contributed by atoms with Crippen LogP contribution in [0.15, 0.2) is 71.8 Å². The Balaban J connectivity index is 1.49. The molecule has 1 amide bonds. The molecule has 0 aliphatic rings.